The van der Waals surface area contributed by atoms with Gasteiger partial charge in [-0.2, -0.15) is 5.10 Å². The standard InChI is InChI=1S/C12H12N2O3/c1-16-12(15)9-10(7-4-5-7)13-14-11(9)8-3-2-6-17-8/h2-3,6-7H,4-5H2,1H3,(H,13,14). The van der Waals surface area contributed by atoms with Gasteiger partial charge in [-0.3, -0.25) is 5.10 Å². The molecule has 2 aromatic heterocycles. The lowest BCUT2D eigenvalue weighted by molar-refractivity contribution is 0.0600. The smallest absolute Gasteiger partial charge is 0.342 e. The molecule has 5 heteroatoms. The van der Waals surface area contributed by atoms with E-state index in [2.05, 4.69) is 10.2 Å². The molecule has 1 aliphatic carbocycles. The summed E-state index contributed by atoms with van der Waals surface area (Å²) in [5.41, 5.74) is 1.90. The van der Waals surface area contributed by atoms with Gasteiger partial charge in [-0.25, -0.2) is 4.79 Å². The molecular weight excluding hydrogens is 220 g/mol. The summed E-state index contributed by atoms with van der Waals surface area (Å²) in [5.74, 6) is 0.612. The molecule has 5 nitrogen and oxygen atoms in total. The van der Waals surface area contributed by atoms with E-state index < -0.39 is 0 Å². The molecule has 1 aliphatic rings. The molecule has 0 radical (unpaired) electrons. The highest BCUT2D eigenvalue weighted by Crippen LogP contribution is 2.42. The molecule has 3 rings (SSSR count). The lowest BCUT2D eigenvalue weighted by atomic mass is 10.1. The van der Waals surface area contributed by atoms with Crippen molar-refractivity contribution in [1.29, 1.82) is 0 Å². The third-order valence-corrected chi connectivity index (χ3v) is 2.92. The van der Waals surface area contributed by atoms with Gasteiger partial charge in [0.05, 0.1) is 19.1 Å². The molecule has 0 amide bonds. The van der Waals surface area contributed by atoms with Gasteiger partial charge >= 0.3 is 5.97 Å². The Bertz CT molecular complexity index is 538. The predicted octanol–water partition coefficient (Wildman–Crippen LogP) is 2.33. The van der Waals surface area contributed by atoms with Crippen LogP contribution in [-0.2, 0) is 4.74 Å². The van der Waals surface area contributed by atoms with Gasteiger partial charge in [-0.15, -0.1) is 0 Å². The number of carbonyl (C=O) groups excluding carboxylic acids is 1. The Morgan fingerprint density at radius 3 is 3.00 bits per heavy atom. The van der Waals surface area contributed by atoms with Gasteiger partial charge < -0.3 is 9.15 Å². The van der Waals surface area contributed by atoms with E-state index in [1.807, 2.05) is 0 Å². The Hall–Kier alpha value is -2.04. The maximum absolute atomic E-state index is 11.8. The van der Waals surface area contributed by atoms with E-state index in [1.54, 1.807) is 18.4 Å². The van der Waals surface area contributed by atoms with Crippen molar-refractivity contribution in [1.82, 2.24) is 10.2 Å². The average Bonchev–Trinajstić information content (AvgIpc) is 2.90. The molecule has 0 aliphatic heterocycles. The Morgan fingerprint density at radius 1 is 1.59 bits per heavy atom. The van der Waals surface area contributed by atoms with Crippen LogP contribution in [0, 0.1) is 0 Å². The third kappa shape index (κ3) is 1.63. The summed E-state index contributed by atoms with van der Waals surface area (Å²) in [6, 6.07) is 3.54. The lowest BCUT2D eigenvalue weighted by Gasteiger charge is -2.01. The number of rotatable bonds is 3. The second-order valence-corrected chi connectivity index (χ2v) is 4.10. The number of furan rings is 1. The maximum atomic E-state index is 11.8. The van der Waals surface area contributed by atoms with E-state index in [4.69, 9.17) is 9.15 Å². The van der Waals surface area contributed by atoms with Crippen LogP contribution < -0.4 is 0 Å². The van der Waals surface area contributed by atoms with Gasteiger partial charge in [0.2, 0.25) is 0 Å². The van der Waals surface area contributed by atoms with Crippen molar-refractivity contribution in [2.75, 3.05) is 7.11 Å². The van der Waals surface area contributed by atoms with E-state index in [9.17, 15) is 4.79 Å². The fourth-order valence-electron chi connectivity index (χ4n) is 1.92. The zero-order chi connectivity index (χ0) is 11.8. The summed E-state index contributed by atoms with van der Waals surface area (Å²) in [7, 11) is 1.37. The van der Waals surface area contributed by atoms with Crippen LogP contribution in [-0.4, -0.2) is 23.3 Å². The zero-order valence-corrected chi connectivity index (χ0v) is 9.40. The fourth-order valence-corrected chi connectivity index (χ4v) is 1.92. The number of hydrogen-bond donors (Lipinski definition) is 1. The number of nitrogens with zero attached hydrogens (tertiary/aromatic N) is 1. The fraction of sp³-hybridized carbons (Fsp3) is 0.333. The van der Waals surface area contributed by atoms with Crippen LogP contribution >= 0.6 is 0 Å². The van der Waals surface area contributed by atoms with Crippen LogP contribution in [0.25, 0.3) is 11.5 Å². The second kappa shape index (κ2) is 3.76. The van der Waals surface area contributed by atoms with E-state index in [-0.39, 0.29) is 5.97 Å². The summed E-state index contributed by atoms with van der Waals surface area (Å²) in [4.78, 5) is 11.8. The van der Waals surface area contributed by atoms with Crippen molar-refractivity contribution >= 4 is 5.97 Å². The predicted molar refractivity (Wildman–Crippen MR) is 59.6 cm³/mol. The van der Waals surface area contributed by atoms with Crippen LogP contribution in [0.5, 0.6) is 0 Å². The number of carbonyl (C=O) groups is 1. The van der Waals surface area contributed by atoms with E-state index in [0.717, 1.165) is 18.5 Å². The van der Waals surface area contributed by atoms with Crippen LogP contribution in [0.4, 0.5) is 0 Å². The van der Waals surface area contributed by atoms with Crippen molar-refractivity contribution in [2.24, 2.45) is 0 Å². The SMILES string of the molecule is COC(=O)c1c(-c2ccco2)n[nH]c1C1CC1. The summed E-state index contributed by atoms with van der Waals surface area (Å²) in [5, 5.41) is 7.10. The highest BCUT2D eigenvalue weighted by atomic mass is 16.5. The van der Waals surface area contributed by atoms with Crippen molar-refractivity contribution in [3.05, 3.63) is 29.7 Å². The molecule has 1 N–H and O–H groups in total. The Kier molecular flexibility index (Phi) is 2.24. The number of ether oxygens (including phenoxy) is 1. The first-order chi connectivity index (χ1) is 8.31. The Balaban J connectivity index is 2.12. The molecular formula is C12H12N2O3. The van der Waals surface area contributed by atoms with Crippen molar-refractivity contribution in [3.63, 3.8) is 0 Å². The summed E-state index contributed by atoms with van der Waals surface area (Å²) >= 11 is 0. The van der Waals surface area contributed by atoms with Crippen molar-refractivity contribution in [2.45, 2.75) is 18.8 Å². The molecule has 0 bridgehead atoms. The first-order valence-corrected chi connectivity index (χ1v) is 5.51. The first kappa shape index (κ1) is 10.1. The van der Waals surface area contributed by atoms with E-state index in [1.165, 1.54) is 7.11 Å². The molecule has 1 saturated carbocycles. The molecule has 2 heterocycles. The average molecular weight is 232 g/mol. The molecule has 0 aromatic carbocycles. The van der Waals surface area contributed by atoms with Gasteiger partial charge in [-0.05, 0) is 25.0 Å². The molecule has 1 fully saturated rings. The van der Waals surface area contributed by atoms with Crippen molar-refractivity contribution < 1.29 is 13.9 Å². The van der Waals surface area contributed by atoms with Gasteiger partial charge in [0.1, 0.15) is 11.3 Å². The quantitative estimate of drug-likeness (QED) is 0.824. The van der Waals surface area contributed by atoms with Crippen LogP contribution in [0.1, 0.15) is 34.8 Å². The lowest BCUT2D eigenvalue weighted by Crippen LogP contribution is -2.04. The van der Waals surface area contributed by atoms with Crippen LogP contribution in [0.15, 0.2) is 22.8 Å². The first-order valence-electron chi connectivity index (χ1n) is 5.51. The molecule has 0 unspecified atom stereocenters. The van der Waals surface area contributed by atoms with Gasteiger partial charge in [0.25, 0.3) is 0 Å². The van der Waals surface area contributed by atoms with Gasteiger partial charge in [0.15, 0.2) is 5.76 Å². The minimum absolute atomic E-state index is 0.368. The normalized spacial score (nSPS) is 14.9. The molecule has 0 spiro atoms. The van der Waals surface area contributed by atoms with Crippen LogP contribution in [0.3, 0.4) is 0 Å². The molecule has 0 atom stereocenters. The molecule has 17 heavy (non-hydrogen) atoms. The maximum Gasteiger partial charge on any atom is 0.342 e. The van der Waals surface area contributed by atoms with Gasteiger partial charge in [-0.1, -0.05) is 0 Å². The third-order valence-electron chi connectivity index (χ3n) is 2.92. The number of esters is 1. The summed E-state index contributed by atoms with van der Waals surface area (Å²) in [6.45, 7) is 0. The number of aromatic nitrogens is 2. The summed E-state index contributed by atoms with van der Waals surface area (Å²) < 4.78 is 10.1. The minimum atomic E-state index is -0.368. The van der Waals surface area contributed by atoms with Crippen LogP contribution in [0.2, 0.25) is 0 Å². The number of hydrogen-bond acceptors (Lipinski definition) is 4. The Morgan fingerprint density at radius 2 is 2.41 bits per heavy atom. The number of aromatic amines is 1. The number of H-pyrrole nitrogens is 1. The monoisotopic (exact) mass is 232 g/mol. The van der Waals surface area contributed by atoms with E-state index >= 15 is 0 Å². The number of nitrogens with one attached hydrogen (secondary N) is 1. The highest BCUT2D eigenvalue weighted by molar-refractivity contribution is 5.97. The minimum Gasteiger partial charge on any atom is -0.465 e. The van der Waals surface area contributed by atoms with E-state index in [0.29, 0.717) is 22.9 Å². The highest BCUT2D eigenvalue weighted by Gasteiger charge is 2.33. The summed E-state index contributed by atoms with van der Waals surface area (Å²) in [6.07, 6.45) is 3.73. The zero-order valence-electron chi connectivity index (χ0n) is 9.40. The van der Waals surface area contributed by atoms with Crippen molar-refractivity contribution in [3.8, 4) is 11.5 Å². The second-order valence-electron chi connectivity index (χ2n) is 4.10. The van der Waals surface area contributed by atoms with Gasteiger partial charge in [0, 0.05) is 5.92 Å². The number of methoxy groups -OCH3 is 1. The topological polar surface area (TPSA) is 68.1 Å². The largest absolute Gasteiger partial charge is 0.465 e. The molecule has 0 saturated heterocycles. The molecule has 2 aromatic rings. The molecule has 88 valence electrons. The Labute approximate surface area is 97.8 Å².